The molecule has 49 heavy (non-hydrogen) atoms. The van der Waals surface area contributed by atoms with Gasteiger partial charge < -0.3 is 53.4 Å². The number of hydrogen-bond acceptors (Lipinski definition) is 13. The lowest BCUT2D eigenvalue weighted by Crippen LogP contribution is -2.57. The number of hydrogen-bond donors (Lipinski definition) is 3. The van der Waals surface area contributed by atoms with Gasteiger partial charge in [0.05, 0.1) is 49.1 Å². The predicted molar refractivity (Wildman–Crippen MR) is 181 cm³/mol. The summed E-state index contributed by atoms with van der Waals surface area (Å²) in [6, 6.07) is -0.219. The maximum absolute atomic E-state index is 13.9. The molecule has 0 unspecified atom stereocenters. The second-order valence-electron chi connectivity index (χ2n) is 15.3. The van der Waals surface area contributed by atoms with E-state index in [2.05, 4.69) is 0 Å². The predicted octanol–water partition coefficient (Wildman–Crippen LogP) is 2.33. The highest BCUT2D eigenvalue weighted by molar-refractivity contribution is 5.92. The van der Waals surface area contributed by atoms with Crippen LogP contribution < -0.4 is 0 Å². The monoisotopic (exact) mass is 723 g/mol. The fourth-order valence-corrected chi connectivity index (χ4v) is 7.89. The molecule has 0 bridgehead atoms. The number of aliphatic hydroxyl groups excluding tert-OH is 3. The summed E-state index contributed by atoms with van der Waals surface area (Å²) in [5.74, 6) is -3.74. The number of aliphatic hydroxyl groups is 3. The van der Waals surface area contributed by atoms with E-state index in [9.17, 15) is 24.9 Å². The summed E-state index contributed by atoms with van der Waals surface area (Å²) in [5, 5.41) is 33.3. The normalized spacial score (nSPS) is 48.8. The van der Waals surface area contributed by atoms with Crippen LogP contribution >= 0.6 is 12.4 Å². The molecule has 18 atom stereocenters. The van der Waals surface area contributed by atoms with Crippen LogP contribution in [0.25, 0.3) is 0 Å². The number of rotatable bonds is 6. The van der Waals surface area contributed by atoms with E-state index in [1.54, 1.807) is 34.6 Å². The van der Waals surface area contributed by atoms with Crippen molar-refractivity contribution >= 4 is 24.2 Å². The van der Waals surface area contributed by atoms with E-state index in [0.29, 0.717) is 6.42 Å². The molecule has 1 spiro atoms. The smallest absolute Gasteiger partial charge is 0.311 e. The number of halogens is 1. The summed E-state index contributed by atoms with van der Waals surface area (Å²) in [7, 11) is 5.32. The maximum Gasteiger partial charge on any atom is 0.311 e. The molecule has 0 aromatic heterocycles. The lowest BCUT2D eigenvalue weighted by molar-refractivity contribution is -0.299. The minimum atomic E-state index is -1.10. The first kappa shape index (κ1) is 42.4. The molecule has 4 heterocycles. The number of carbonyl (C=O) groups is 2. The minimum Gasteiger partial charge on any atom is -0.462 e. The number of epoxide rings is 1. The van der Waals surface area contributed by atoms with Crippen molar-refractivity contribution in [3.63, 3.8) is 0 Å². The largest absolute Gasteiger partial charge is 0.462 e. The van der Waals surface area contributed by atoms with Gasteiger partial charge in [-0.05, 0) is 60.5 Å². The van der Waals surface area contributed by atoms with Crippen LogP contribution in [-0.2, 0) is 42.7 Å². The lowest BCUT2D eigenvalue weighted by Gasteiger charge is -2.46. The summed E-state index contributed by atoms with van der Waals surface area (Å²) in [6.45, 7) is 14.6. The number of Topliss-reactive ketones (excluding diaryl/α,β-unsaturated/α-hetero) is 1. The summed E-state index contributed by atoms with van der Waals surface area (Å²) >= 11 is 0. The van der Waals surface area contributed by atoms with Crippen LogP contribution in [-0.4, -0.2) is 139 Å². The van der Waals surface area contributed by atoms with E-state index in [1.807, 2.05) is 39.8 Å². The van der Waals surface area contributed by atoms with Gasteiger partial charge in [-0.3, -0.25) is 9.59 Å². The summed E-state index contributed by atoms with van der Waals surface area (Å²) in [4.78, 5) is 29.7. The Hall–Kier alpha value is -0.970. The minimum absolute atomic E-state index is 0. The molecular weight excluding hydrogens is 662 g/mol. The number of ketones is 1. The van der Waals surface area contributed by atoms with Crippen LogP contribution in [0.3, 0.4) is 0 Å². The summed E-state index contributed by atoms with van der Waals surface area (Å²) < 4.78 is 43.0. The van der Waals surface area contributed by atoms with Crippen molar-refractivity contribution in [3.8, 4) is 0 Å². The molecule has 13 nitrogen and oxygen atoms in total. The number of nitrogens with zero attached hydrogens (tertiary/aromatic N) is 1. The summed E-state index contributed by atoms with van der Waals surface area (Å²) in [6.07, 6.45) is -7.15. The van der Waals surface area contributed by atoms with Gasteiger partial charge >= 0.3 is 5.97 Å². The van der Waals surface area contributed by atoms with Crippen LogP contribution in [0.1, 0.15) is 74.7 Å². The van der Waals surface area contributed by atoms with Crippen molar-refractivity contribution in [2.24, 2.45) is 29.6 Å². The van der Waals surface area contributed by atoms with Crippen molar-refractivity contribution in [3.05, 3.63) is 0 Å². The number of esters is 1. The quantitative estimate of drug-likeness (QED) is 0.270. The molecule has 4 aliphatic heterocycles. The van der Waals surface area contributed by atoms with Gasteiger partial charge in [-0.1, -0.05) is 27.7 Å². The van der Waals surface area contributed by atoms with Crippen molar-refractivity contribution < 1.29 is 58.1 Å². The number of methoxy groups -OCH3 is 1. The fourth-order valence-electron chi connectivity index (χ4n) is 7.89. The van der Waals surface area contributed by atoms with Crippen LogP contribution in [0.2, 0.25) is 0 Å². The molecule has 14 heteroatoms. The summed E-state index contributed by atoms with van der Waals surface area (Å²) in [5.41, 5.74) is -1.10. The van der Waals surface area contributed by atoms with Gasteiger partial charge in [0.25, 0.3) is 0 Å². The number of ether oxygens (including phenoxy) is 7. The Kier molecular flexibility index (Phi) is 14.9. The second kappa shape index (κ2) is 17.2. The van der Waals surface area contributed by atoms with E-state index < -0.39 is 96.7 Å². The van der Waals surface area contributed by atoms with Gasteiger partial charge in [0.1, 0.15) is 18.3 Å². The highest BCUT2D eigenvalue weighted by Crippen LogP contribution is 2.43. The Bertz CT molecular complexity index is 1090. The van der Waals surface area contributed by atoms with E-state index >= 15 is 0 Å². The zero-order chi connectivity index (χ0) is 35.8. The third kappa shape index (κ3) is 9.34. The highest BCUT2D eigenvalue weighted by atomic mass is 35.5. The SMILES string of the molecule is CO[C@H]1C[C@H](O[C@H]2[C@H](C)[C@@H](O[C@@H]3O[C@H](C)C[C@H](N(C)C)[C@H]3O)[C@@H](C)C[C@@]3(CO3)C(=O)[C@H](C)[C@@H](O)[C@@H](C)[C@@H](C)OC(=O)[C@@H]2C)O[C@@H](C)[C@@H]1O.Cl. The first-order chi connectivity index (χ1) is 22.4. The van der Waals surface area contributed by atoms with Gasteiger partial charge in [-0.15, -0.1) is 12.4 Å². The Morgan fingerprint density at radius 2 is 1.43 bits per heavy atom. The molecule has 0 aromatic carbocycles. The third-order valence-corrected chi connectivity index (χ3v) is 11.4. The van der Waals surface area contributed by atoms with Crippen LogP contribution in [0.15, 0.2) is 0 Å². The molecule has 0 amide bonds. The molecule has 0 aromatic rings. The molecule has 4 aliphatic rings. The Balaban J connectivity index is 0.00000650. The zero-order valence-corrected chi connectivity index (χ0v) is 31.8. The molecule has 3 N–H and O–H groups in total. The van der Waals surface area contributed by atoms with Gasteiger partial charge in [-0.25, -0.2) is 0 Å². The standard InChI is InChI=1S/C35H61NO12.ClH/c1-16-14-35(15-43-35)32(40)19(4)27(37)18(3)22(7)46-33(41)21(6)31(47-26-13-25(42-11)28(38)23(8)45-26)20(5)30(16)48-34-29(39)24(36(9)10)12-17(2)44-34;/h16-31,34,37-39H,12-15H2,1-11H3;1H/t16-,17+,18-,19+,20+,21+,22+,23-,24-,25-,26-,27-,28-,29+,30-,31-,34-,35+;/m0./s1. The first-order valence-electron chi connectivity index (χ1n) is 17.7. The Morgan fingerprint density at radius 3 is 2.00 bits per heavy atom. The lowest BCUT2D eigenvalue weighted by atomic mass is 9.76. The first-order valence-corrected chi connectivity index (χ1v) is 17.7. The number of carbonyl (C=O) groups excluding carboxylic acids is 2. The second-order valence-corrected chi connectivity index (χ2v) is 15.3. The van der Waals surface area contributed by atoms with Crippen LogP contribution in [0, 0.1) is 29.6 Å². The van der Waals surface area contributed by atoms with Gasteiger partial charge in [-0.2, -0.15) is 0 Å². The van der Waals surface area contributed by atoms with Gasteiger partial charge in [0.15, 0.2) is 24.0 Å². The van der Waals surface area contributed by atoms with E-state index in [1.165, 1.54) is 7.11 Å². The number of cyclic esters (lactones) is 1. The highest BCUT2D eigenvalue weighted by Gasteiger charge is 2.57. The topological polar surface area (TPSA) is 166 Å². The molecule has 0 saturated carbocycles. The van der Waals surface area contributed by atoms with Crippen molar-refractivity contribution in [1.29, 1.82) is 0 Å². The third-order valence-electron chi connectivity index (χ3n) is 11.4. The van der Waals surface area contributed by atoms with E-state index in [0.717, 1.165) is 0 Å². The zero-order valence-electron chi connectivity index (χ0n) is 31.0. The molecule has 0 aliphatic carbocycles. The van der Waals surface area contributed by atoms with Gasteiger partial charge in [0.2, 0.25) is 0 Å². The van der Waals surface area contributed by atoms with Crippen LogP contribution in [0.5, 0.6) is 0 Å². The van der Waals surface area contributed by atoms with Crippen LogP contribution in [0.4, 0.5) is 0 Å². The average molecular weight is 724 g/mol. The maximum atomic E-state index is 13.9. The van der Waals surface area contributed by atoms with E-state index in [4.69, 9.17) is 33.2 Å². The molecule has 4 rings (SSSR count). The van der Waals surface area contributed by atoms with E-state index in [-0.39, 0.29) is 55.7 Å². The van der Waals surface area contributed by atoms with Crippen molar-refractivity contribution in [2.45, 2.75) is 154 Å². The Labute approximate surface area is 298 Å². The molecule has 0 radical (unpaired) electrons. The Morgan fingerprint density at radius 1 is 0.796 bits per heavy atom. The van der Waals surface area contributed by atoms with Gasteiger partial charge in [0, 0.05) is 37.3 Å². The number of likely N-dealkylation sites (N-methyl/N-ethyl adjacent to an activating group) is 1. The van der Waals surface area contributed by atoms with Crippen molar-refractivity contribution in [2.75, 3.05) is 27.8 Å². The fraction of sp³-hybridized carbons (Fsp3) is 0.943. The molecular formula is C35H62ClNO12. The van der Waals surface area contributed by atoms with Crippen molar-refractivity contribution in [1.82, 2.24) is 4.90 Å². The molecule has 4 saturated heterocycles. The molecule has 4 fully saturated rings. The molecule has 286 valence electrons. The average Bonchev–Trinajstić information content (AvgIpc) is 3.82.